The molecule has 1 aromatic heterocycles. The molecule has 0 atom stereocenters. The van der Waals surface area contributed by atoms with E-state index in [4.69, 9.17) is 0 Å². The van der Waals surface area contributed by atoms with Gasteiger partial charge in [-0.3, -0.25) is 28.6 Å². The molecule has 1 aliphatic rings. The average molecular weight is 463 g/mol. The van der Waals surface area contributed by atoms with E-state index in [1.807, 2.05) is 36.4 Å². The highest BCUT2D eigenvalue weighted by molar-refractivity contribution is 8.18. The molecule has 9 heteroatoms. The molecule has 0 bridgehead atoms. The zero-order chi connectivity index (χ0) is 23.2. The average Bonchev–Trinajstić information content (AvgIpc) is 3.08. The maximum absolute atomic E-state index is 12.5. The minimum Gasteiger partial charge on any atom is -0.354 e. The lowest BCUT2D eigenvalue weighted by molar-refractivity contribution is -0.124. The smallest absolute Gasteiger partial charge is 0.293 e. The van der Waals surface area contributed by atoms with Crippen LogP contribution in [0.1, 0.15) is 18.4 Å². The molecule has 3 aromatic rings. The van der Waals surface area contributed by atoms with E-state index in [0.29, 0.717) is 28.8 Å². The highest BCUT2D eigenvalue weighted by Crippen LogP contribution is 2.31. The second-order valence-electron chi connectivity index (χ2n) is 7.46. The molecule has 0 spiro atoms. The third-order valence-electron chi connectivity index (χ3n) is 5.16. The van der Waals surface area contributed by atoms with Crippen molar-refractivity contribution in [1.82, 2.24) is 19.8 Å². The van der Waals surface area contributed by atoms with Crippen LogP contribution in [0.3, 0.4) is 0 Å². The largest absolute Gasteiger partial charge is 0.354 e. The normalized spacial score (nSPS) is 14.9. The molecule has 1 fully saturated rings. The molecule has 1 saturated heterocycles. The first-order valence-electron chi connectivity index (χ1n) is 10.5. The number of nitrogens with one attached hydrogen (secondary N) is 1. The zero-order valence-electron chi connectivity index (χ0n) is 17.8. The Morgan fingerprint density at radius 2 is 1.76 bits per heavy atom. The lowest BCUT2D eigenvalue weighted by atomic mass is 10.2. The Morgan fingerprint density at radius 3 is 2.58 bits per heavy atom. The number of hydrogen-bond acceptors (Lipinski definition) is 6. The van der Waals surface area contributed by atoms with Crippen molar-refractivity contribution in [3.63, 3.8) is 0 Å². The van der Waals surface area contributed by atoms with Crippen LogP contribution in [0.15, 0.2) is 70.6 Å². The standard InChI is InChI=1S/C24H22N4O4S/c29-21(11-6-13-27-16-26-19-10-5-4-9-18(19)22(27)30)25-12-14-28-23(31)20(33-24(28)32)15-17-7-2-1-3-8-17/h1-5,7-10,15-16H,6,11-14H2,(H,25,29)/b20-15-. The lowest BCUT2D eigenvalue weighted by Crippen LogP contribution is -2.37. The molecular formula is C24H22N4O4S. The molecule has 168 valence electrons. The number of rotatable bonds is 8. The maximum atomic E-state index is 12.5. The van der Waals surface area contributed by atoms with Crippen LogP contribution in [-0.4, -0.2) is 44.6 Å². The van der Waals surface area contributed by atoms with E-state index in [1.165, 1.54) is 10.9 Å². The van der Waals surface area contributed by atoms with Crippen molar-refractivity contribution in [3.05, 3.63) is 81.7 Å². The van der Waals surface area contributed by atoms with E-state index in [-0.39, 0.29) is 42.1 Å². The molecule has 3 amide bonds. The number of amides is 3. The van der Waals surface area contributed by atoms with Crippen LogP contribution in [0.25, 0.3) is 17.0 Å². The zero-order valence-corrected chi connectivity index (χ0v) is 18.6. The van der Waals surface area contributed by atoms with E-state index >= 15 is 0 Å². The van der Waals surface area contributed by atoms with Crippen LogP contribution in [0.5, 0.6) is 0 Å². The van der Waals surface area contributed by atoms with Gasteiger partial charge in [-0.2, -0.15) is 0 Å². The number of aromatic nitrogens is 2. The number of hydrogen-bond donors (Lipinski definition) is 1. The van der Waals surface area contributed by atoms with E-state index < -0.39 is 0 Å². The molecule has 33 heavy (non-hydrogen) atoms. The molecular weight excluding hydrogens is 440 g/mol. The molecule has 2 heterocycles. The van der Waals surface area contributed by atoms with Crippen molar-refractivity contribution in [1.29, 1.82) is 0 Å². The second-order valence-corrected chi connectivity index (χ2v) is 8.45. The van der Waals surface area contributed by atoms with E-state index in [9.17, 15) is 19.2 Å². The Balaban J connectivity index is 1.23. The molecule has 0 saturated carbocycles. The van der Waals surface area contributed by atoms with Gasteiger partial charge in [-0.05, 0) is 42.0 Å². The van der Waals surface area contributed by atoms with Crippen molar-refractivity contribution in [3.8, 4) is 0 Å². The topological polar surface area (TPSA) is 101 Å². The Hall–Kier alpha value is -3.72. The summed E-state index contributed by atoms with van der Waals surface area (Å²) in [5, 5.41) is 2.93. The maximum Gasteiger partial charge on any atom is 0.293 e. The van der Waals surface area contributed by atoms with Crippen LogP contribution >= 0.6 is 11.8 Å². The lowest BCUT2D eigenvalue weighted by Gasteiger charge is -2.13. The Kier molecular flexibility index (Phi) is 6.99. The molecule has 0 aliphatic carbocycles. The number of fused-ring (bicyclic) bond motifs is 1. The molecule has 4 rings (SSSR count). The summed E-state index contributed by atoms with van der Waals surface area (Å²) in [7, 11) is 0. The quantitative estimate of drug-likeness (QED) is 0.517. The number of carbonyl (C=O) groups is 3. The van der Waals surface area contributed by atoms with Crippen molar-refractivity contribution < 1.29 is 14.4 Å². The molecule has 0 unspecified atom stereocenters. The Bertz CT molecular complexity index is 1290. The van der Waals surface area contributed by atoms with Gasteiger partial charge in [0.1, 0.15) is 0 Å². The number of thioether (sulfide) groups is 1. The number of imide groups is 1. The molecule has 1 aliphatic heterocycles. The molecule has 8 nitrogen and oxygen atoms in total. The van der Waals surface area contributed by atoms with E-state index in [2.05, 4.69) is 10.3 Å². The number of nitrogens with zero attached hydrogens (tertiary/aromatic N) is 3. The predicted molar refractivity (Wildman–Crippen MR) is 127 cm³/mol. The van der Waals surface area contributed by atoms with Gasteiger partial charge in [-0.15, -0.1) is 0 Å². The fourth-order valence-corrected chi connectivity index (χ4v) is 4.33. The van der Waals surface area contributed by atoms with E-state index in [0.717, 1.165) is 22.2 Å². The summed E-state index contributed by atoms with van der Waals surface area (Å²) >= 11 is 0.897. The highest BCUT2D eigenvalue weighted by atomic mass is 32.2. The summed E-state index contributed by atoms with van der Waals surface area (Å²) in [4.78, 5) is 55.1. The first-order chi connectivity index (χ1) is 16.0. The van der Waals surface area contributed by atoms with Crippen LogP contribution in [0.4, 0.5) is 4.79 Å². The van der Waals surface area contributed by atoms with Crippen molar-refractivity contribution in [2.45, 2.75) is 19.4 Å². The van der Waals surface area contributed by atoms with Gasteiger partial charge in [0.2, 0.25) is 5.91 Å². The molecule has 1 N–H and O–H groups in total. The summed E-state index contributed by atoms with van der Waals surface area (Å²) in [5.74, 6) is -0.560. The van der Waals surface area contributed by atoms with Gasteiger partial charge in [0.25, 0.3) is 16.7 Å². The third-order valence-corrected chi connectivity index (χ3v) is 6.07. The summed E-state index contributed by atoms with van der Waals surface area (Å²) in [6.07, 6.45) is 3.86. The third kappa shape index (κ3) is 5.38. The van der Waals surface area contributed by atoms with Gasteiger partial charge in [-0.25, -0.2) is 4.98 Å². The number of para-hydroxylation sites is 1. The molecule has 2 aromatic carbocycles. The first-order valence-corrected chi connectivity index (χ1v) is 11.4. The SMILES string of the molecule is O=C(CCCn1cnc2ccccc2c1=O)NCCN1C(=O)S/C(=C\c2ccccc2)C1=O. The van der Waals surface area contributed by atoms with Crippen molar-refractivity contribution in [2.24, 2.45) is 0 Å². The van der Waals surface area contributed by atoms with Crippen LogP contribution < -0.4 is 10.9 Å². The monoisotopic (exact) mass is 462 g/mol. The summed E-state index contributed by atoms with van der Waals surface area (Å²) in [5.41, 5.74) is 1.35. The fourth-order valence-electron chi connectivity index (χ4n) is 3.46. The van der Waals surface area contributed by atoms with E-state index in [1.54, 1.807) is 24.3 Å². The minimum absolute atomic E-state index is 0.108. The Morgan fingerprint density at radius 1 is 1.00 bits per heavy atom. The van der Waals surface area contributed by atoms with Gasteiger partial charge in [0, 0.05) is 26.1 Å². The van der Waals surface area contributed by atoms with Crippen LogP contribution in [0.2, 0.25) is 0 Å². The number of aryl methyl sites for hydroxylation is 1. The first kappa shape index (κ1) is 22.5. The summed E-state index contributed by atoms with van der Waals surface area (Å²) < 4.78 is 1.50. The fraction of sp³-hybridized carbons (Fsp3) is 0.208. The van der Waals surface area contributed by atoms with Crippen molar-refractivity contribution >= 4 is 45.8 Å². The van der Waals surface area contributed by atoms with Crippen LogP contribution in [-0.2, 0) is 16.1 Å². The van der Waals surface area contributed by atoms with Gasteiger partial charge in [0.05, 0.1) is 22.1 Å². The van der Waals surface area contributed by atoms with Gasteiger partial charge < -0.3 is 5.32 Å². The molecule has 0 radical (unpaired) electrons. The summed E-state index contributed by atoms with van der Waals surface area (Å²) in [6.45, 7) is 0.654. The highest BCUT2D eigenvalue weighted by Gasteiger charge is 2.34. The van der Waals surface area contributed by atoms with Crippen molar-refractivity contribution in [2.75, 3.05) is 13.1 Å². The van der Waals surface area contributed by atoms with Gasteiger partial charge >= 0.3 is 0 Å². The summed E-state index contributed by atoms with van der Waals surface area (Å²) in [6, 6.07) is 16.4. The number of carbonyl (C=O) groups excluding carboxylic acids is 3. The van der Waals surface area contributed by atoms with Gasteiger partial charge in [0.15, 0.2) is 0 Å². The van der Waals surface area contributed by atoms with Crippen LogP contribution in [0, 0.1) is 0 Å². The Labute approximate surface area is 194 Å². The van der Waals surface area contributed by atoms with Gasteiger partial charge in [-0.1, -0.05) is 42.5 Å². The number of benzene rings is 2. The predicted octanol–water partition coefficient (Wildman–Crippen LogP) is 3.03. The minimum atomic E-state index is -0.355. The second kappa shape index (κ2) is 10.3.